The number of hydrogen-bond donors (Lipinski definition) is 3. The first-order valence-electron chi connectivity index (χ1n) is 15.3. The summed E-state index contributed by atoms with van der Waals surface area (Å²) in [6.07, 6.45) is 2.45. The van der Waals surface area contributed by atoms with Crippen molar-refractivity contribution >= 4 is 23.4 Å². The summed E-state index contributed by atoms with van der Waals surface area (Å²) in [5, 5.41) is 9.70. The van der Waals surface area contributed by atoms with Crippen molar-refractivity contribution in [2.24, 2.45) is 11.7 Å². The number of rotatable bonds is 9. The molecule has 0 bridgehead atoms. The smallest absolute Gasteiger partial charge is 0.256 e. The summed E-state index contributed by atoms with van der Waals surface area (Å²) in [5.74, 6) is -0.823. The topological polar surface area (TPSA) is 128 Å². The van der Waals surface area contributed by atoms with E-state index < -0.39 is 17.6 Å². The molecule has 5 N–H and O–H groups in total. The molecule has 0 aliphatic carbocycles. The maximum absolute atomic E-state index is 14.8. The normalized spacial score (nSPS) is 18.9. The molecule has 2 aromatic rings. The van der Waals surface area contributed by atoms with Gasteiger partial charge in [0.05, 0.1) is 29.7 Å². The van der Waals surface area contributed by atoms with Gasteiger partial charge in [0.25, 0.3) is 5.91 Å². The third-order valence-corrected chi connectivity index (χ3v) is 8.91. The molecule has 2 aromatic carbocycles. The molecule has 3 fully saturated rings. The number of nitrogens with one attached hydrogen (secondary N) is 1. The minimum atomic E-state index is -0.608. The molecule has 0 aromatic heterocycles. The molecule has 3 aliphatic rings. The van der Waals surface area contributed by atoms with E-state index in [0.29, 0.717) is 61.0 Å². The van der Waals surface area contributed by atoms with Crippen LogP contribution in [-0.2, 0) is 11.2 Å². The standard InChI is InChI=1S/C32H42FN7O3/c33-28-6-5-24(20-29(34)25-3-1-2-4-26(25)31(35)42)19-27(28)32(43)40-17-15-39(16-18-40)30(41)22-37-11-7-23(8-12-37)21-38-13-9-36-10-14-38/h1-6,19,23,34,36H,7-18,20-22H2,(H2,35,42)/p+1. The maximum atomic E-state index is 14.8. The number of halogens is 1. The van der Waals surface area contributed by atoms with E-state index in [4.69, 9.17) is 11.1 Å². The summed E-state index contributed by atoms with van der Waals surface area (Å²) in [6, 6.07) is 11.1. The molecule has 0 saturated carbocycles. The molecule has 43 heavy (non-hydrogen) atoms. The lowest BCUT2D eigenvalue weighted by Crippen LogP contribution is -2.53. The average Bonchev–Trinajstić information content (AvgIpc) is 3.03. The summed E-state index contributed by atoms with van der Waals surface area (Å²) in [6.45, 7) is 9.35. The third kappa shape index (κ3) is 7.84. The number of primary amides is 1. The van der Waals surface area contributed by atoms with Crippen molar-refractivity contribution in [2.45, 2.75) is 19.3 Å². The van der Waals surface area contributed by atoms with Gasteiger partial charge in [-0.15, -0.1) is 0 Å². The van der Waals surface area contributed by atoms with E-state index in [1.807, 2.05) is 4.90 Å². The van der Waals surface area contributed by atoms with Crippen molar-refractivity contribution in [2.75, 3.05) is 78.5 Å². The summed E-state index contributed by atoms with van der Waals surface area (Å²) < 4.78 is 14.8. The predicted octanol–water partition coefficient (Wildman–Crippen LogP) is -0.383. The van der Waals surface area contributed by atoms with E-state index in [9.17, 15) is 18.8 Å². The van der Waals surface area contributed by atoms with Gasteiger partial charge in [-0.3, -0.25) is 24.7 Å². The van der Waals surface area contributed by atoms with Crippen LogP contribution in [0.5, 0.6) is 0 Å². The SMILES string of the molecule is NC(=O)c1ccccc1C(=[NH2+])Cc1ccc(F)c(C(=O)N2CCN(C(=O)CN3CCC(CN4CCNCC4)CC3)CC2)c1. The molecule has 230 valence electrons. The summed E-state index contributed by atoms with van der Waals surface area (Å²) in [4.78, 5) is 46.4. The Labute approximate surface area is 252 Å². The molecule has 0 atom stereocenters. The Bertz CT molecular complexity index is 1330. The second-order valence-electron chi connectivity index (χ2n) is 11.9. The number of benzene rings is 2. The number of piperidine rings is 1. The Hall–Kier alpha value is -3.67. The van der Waals surface area contributed by atoms with Crippen LogP contribution < -0.4 is 16.5 Å². The van der Waals surface area contributed by atoms with Crippen molar-refractivity contribution in [3.63, 3.8) is 0 Å². The van der Waals surface area contributed by atoms with Crippen LogP contribution in [0.2, 0.25) is 0 Å². The molecule has 11 heteroatoms. The van der Waals surface area contributed by atoms with Crippen molar-refractivity contribution < 1.29 is 24.2 Å². The Morgan fingerprint density at radius 2 is 1.49 bits per heavy atom. The molecule has 10 nitrogen and oxygen atoms in total. The fourth-order valence-corrected chi connectivity index (χ4v) is 6.35. The Morgan fingerprint density at radius 1 is 0.837 bits per heavy atom. The van der Waals surface area contributed by atoms with E-state index >= 15 is 0 Å². The molecule has 0 unspecified atom stereocenters. The van der Waals surface area contributed by atoms with Crippen LogP contribution in [-0.4, -0.2) is 122 Å². The highest BCUT2D eigenvalue weighted by Gasteiger charge is 2.29. The van der Waals surface area contributed by atoms with Gasteiger partial charge in [0.2, 0.25) is 11.8 Å². The van der Waals surface area contributed by atoms with Crippen LogP contribution in [0.3, 0.4) is 0 Å². The lowest BCUT2D eigenvalue weighted by molar-refractivity contribution is -0.134. The highest BCUT2D eigenvalue weighted by Crippen LogP contribution is 2.20. The highest BCUT2D eigenvalue weighted by atomic mass is 19.1. The molecule has 3 amide bonds. The minimum Gasteiger partial charge on any atom is -0.366 e. The summed E-state index contributed by atoms with van der Waals surface area (Å²) in [7, 11) is 0. The fourth-order valence-electron chi connectivity index (χ4n) is 6.35. The number of likely N-dealkylation sites (tertiary alicyclic amines) is 1. The zero-order valence-electron chi connectivity index (χ0n) is 24.8. The van der Waals surface area contributed by atoms with Gasteiger partial charge < -0.3 is 25.8 Å². The number of hydrogen-bond acceptors (Lipinski definition) is 6. The summed E-state index contributed by atoms with van der Waals surface area (Å²) >= 11 is 0. The Morgan fingerprint density at radius 3 is 2.16 bits per heavy atom. The molecule has 0 spiro atoms. The number of amides is 3. The zero-order valence-corrected chi connectivity index (χ0v) is 24.8. The molecule has 3 heterocycles. The predicted molar refractivity (Wildman–Crippen MR) is 162 cm³/mol. The lowest BCUT2D eigenvalue weighted by Gasteiger charge is -2.38. The quantitative estimate of drug-likeness (QED) is 0.341. The van der Waals surface area contributed by atoms with Crippen LogP contribution in [0.1, 0.15) is 44.7 Å². The van der Waals surface area contributed by atoms with E-state index in [1.54, 1.807) is 35.2 Å². The number of nitrogens with two attached hydrogens (primary N) is 2. The first kappa shape index (κ1) is 30.8. The van der Waals surface area contributed by atoms with Crippen molar-refractivity contribution in [3.05, 3.63) is 70.5 Å². The van der Waals surface area contributed by atoms with Gasteiger partial charge in [0.1, 0.15) is 5.82 Å². The zero-order chi connectivity index (χ0) is 30.3. The third-order valence-electron chi connectivity index (χ3n) is 8.91. The number of carbonyl (C=O) groups excluding carboxylic acids is 3. The monoisotopic (exact) mass is 592 g/mol. The highest BCUT2D eigenvalue weighted by molar-refractivity contribution is 6.08. The van der Waals surface area contributed by atoms with Gasteiger partial charge in [-0.05, 0) is 61.7 Å². The first-order valence-corrected chi connectivity index (χ1v) is 15.3. The Balaban J connectivity index is 1.10. The number of carbonyl (C=O) groups is 3. The average molecular weight is 593 g/mol. The molecule has 0 radical (unpaired) electrons. The molecular formula is C32H43FN7O3+. The van der Waals surface area contributed by atoms with Crippen molar-refractivity contribution in [3.8, 4) is 0 Å². The van der Waals surface area contributed by atoms with Crippen LogP contribution in [0.4, 0.5) is 4.39 Å². The van der Waals surface area contributed by atoms with Crippen LogP contribution in [0.25, 0.3) is 0 Å². The fraction of sp³-hybridized carbons (Fsp3) is 0.500. The number of piperazine rings is 2. The second-order valence-corrected chi connectivity index (χ2v) is 11.9. The van der Waals surface area contributed by atoms with Gasteiger partial charge in [-0.1, -0.05) is 18.2 Å². The van der Waals surface area contributed by atoms with E-state index in [2.05, 4.69) is 15.1 Å². The van der Waals surface area contributed by atoms with E-state index in [0.717, 1.165) is 58.7 Å². The van der Waals surface area contributed by atoms with Gasteiger partial charge in [-0.2, -0.15) is 0 Å². The first-order chi connectivity index (χ1) is 20.8. The van der Waals surface area contributed by atoms with Gasteiger partial charge in [-0.25, -0.2) is 4.39 Å². The molecular weight excluding hydrogens is 549 g/mol. The van der Waals surface area contributed by atoms with Gasteiger partial charge in [0.15, 0.2) is 5.71 Å². The van der Waals surface area contributed by atoms with Gasteiger partial charge >= 0.3 is 0 Å². The Kier molecular flexibility index (Phi) is 10.2. The summed E-state index contributed by atoms with van der Waals surface area (Å²) in [5.41, 5.74) is 7.32. The largest absolute Gasteiger partial charge is 0.366 e. The molecule has 5 rings (SSSR count). The van der Waals surface area contributed by atoms with Crippen molar-refractivity contribution in [1.29, 1.82) is 0 Å². The lowest BCUT2D eigenvalue weighted by atomic mass is 9.96. The second kappa shape index (κ2) is 14.2. The number of nitrogens with zero attached hydrogens (tertiary/aromatic N) is 4. The van der Waals surface area contributed by atoms with Crippen LogP contribution in [0, 0.1) is 11.7 Å². The molecule has 3 saturated heterocycles. The van der Waals surface area contributed by atoms with E-state index in [-0.39, 0.29) is 17.9 Å². The minimum absolute atomic E-state index is 0.0306. The van der Waals surface area contributed by atoms with Crippen molar-refractivity contribution in [1.82, 2.24) is 24.9 Å². The van der Waals surface area contributed by atoms with Gasteiger partial charge in [0, 0.05) is 58.9 Å². The van der Waals surface area contributed by atoms with Crippen LogP contribution in [0.15, 0.2) is 42.5 Å². The molecule has 3 aliphatic heterocycles. The van der Waals surface area contributed by atoms with Crippen LogP contribution >= 0.6 is 0 Å². The van der Waals surface area contributed by atoms with E-state index in [1.165, 1.54) is 12.1 Å². The maximum Gasteiger partial charge on any atom is 0.256 e.